The fourth-order valence-electron chi connectivity index (χ4n) is 5.52. The van der Waals surface area contributed by atoms with Gasteiger partial charge in [-0.15, -0.1) is 0 Å². The van der Waals surface area contributed by atoms with Gasteiger partial charge in [0.2, 0.25) is 0 Å². The first-order chi connectivity index (χ1) is 12.2. The van der Waals surface area contributed by atoms with E-state index in [-0.39, 0.29) is 22.9 Å². The van der Waals surface area contributed by atoms with Gasteiger partial charge in [-0.3, -0.25) is 4.79 Å². The lowest BCUT2D eigenvalue weighted by molar-refractivity contribution is -0.155. The Bertz CT molecular complexity index is 762. The molecule has 0 saturated carbocycles. The van der Waals surface area contributed by atoms with Crippen LogP contribution in [0.15, 0.2) is 23.8 Å². The fourth-order valence-corrected chi connectivity index (χ4v) is 5.52. The quantitative estimate of drug-likeness (QED) is 0.592. The molecular formula is C22H30O4. The number of esters is 1. The van der Waals surface area contributed by atoms with Crippen LogP contribution in [0, 0.1) is 11.3 Å². The summed E-state index contributed by atoms with van der Waals surface area (Å²) >= 11 is 0. The Morgan fingerprint density at radius 1 is 1.12 bits per heavy atom. The molecule has 2 aliphatic carbocycles. The number of fused-ring (bicyclic) bond motifs is 2. The van der Waals surface area contributed by atoms with Gasteiger partial charge in [-0.2, -0.15) is 0 Å². The Labute approximate surface area is 156 Å². The van der Waals surface area contributed by atoms with Crippen LogP contribution >= 0.6 is 0 Å². The molecule has 0 aromatic heterocycles. The highest BCUT2D eigenvalue weighted by Gasteiger charge is 2.56. The van der Waals surface area contributed by atoms with Crippen molar-refractivity contribution >= 4 is 5.97 Å². The van der Waals surface area contributed by atoms with Crippen molar-refractivity contribution in [2.75, 3.05) is 14.2 Å². The van der Waals surface area contributed by atoms with Gasteiger partial charge in [0.15, 0.2) is 0 Å². The second-order valence-electron chi connectivity index (χ2n) is 8.45. The number of hydrogen-bond acceptors (Lipinski definition) is 4. The van der Waals surface area contributed by atoms with Crippen LogP contribution < -0.4 is 9.47 Å². The Morgan fingerprint density at radius 3 is 2.31 bits per heavy atom. The number of allylic oxidation sites excluding steroid dienone is 1. The maximum atomic E-state index is 11.8. The van der Waals surface area contributed by atoms with Gasteiger partial charge in [0, 0.05) is 23.5 Å². The number of methoxy groups -OCH3 is 2. The first-order valence-electron chi connectivity index (χ1n) is 9.25. The van der Waals surface area contributed by atoms with Crippen LogP contribution in [0.3, 0.4) is 0 Å². The molecule has 4 heteroatoms. The summed E-state index contributed by atoms with van der Waals surface area (Å²) in [6.07, 6.45) is 3.77. The molecule has 26 heavy (non-hydrogen) atoms. The van der Waals surface area contributed by atoms with Crippen LogP contribution in [0.25, 0.3) is 0 Å². The minimum Gasteiger partial charge on any atom is -0.496 e. The number of ether oxygens (including phenoxy) is 3. The highest BCUT2D eigenvalue weighted by molar-refractivity contribution is 5.67. The first kappa shape index (κ1) is 18.8. The van der Waals surface area contributed by atoms with Crippen molar-refractivity contribution in [1.82, 2.24) is 0 Å². The van der Waals surface area contributed by atoms with Crippen molar-refractivity contribution in [3.05, 3.63) is 34.9 Å². The fraction of sp³-hybridized carbons (Fsp3) is 0.591. The van der Waals surface area contributed by atoms with E-state index in [1.54, 1.807) is 14.2 Å². The highest BCUT2D eigenvalue weighted by atomic mass is 16.5. The monoisotopic (exact) mass is 358 g/mol. The molecule has 0 radical (unpaired) electrons. The van der Waals surface area contributed by atoms with Crippen LogP contribution in [0.2, 0.25) is 0 Å². The molecule has 3 unspecified atom stereocenters. The third-order valence-electron chi connectivity index (χ3n) is 6.51. The summed E-state index contributed by atoms with van der Waals surface area (Å²) in [5.41, 5.74) is 3.19. The standard InChI is InChI=1S/C22H30O4/c1-13-8-11-18-21(3,4)19-15(16(24-6)9-10-17(19)25-7)12-22(18,5)20(13)26-14(2)23/h8-10,18,20H,11-12H2,1-7H3. The van der Waals surface area contributed by atoms with E-state index in [0.29, 0.717) is 5.92 Å². The van der Waals surface area contributed by atoms with E-state index in [9.17, 15) is 4.79 Å². The molecule has 0 amide bonds. The maximum absolute atomic E-state index is 11.8. The van der Waals surface area contributed by atoms with E-state index in [4.69, 9.17) is 14.2 Å². The lowest BCUT2D eigenvalue weighted by atomic mass is 9.49. The predicted molar refractivity (Wildman–Crippen MR) is 102 cm³/mol. The lowest BCUT2D eigenvalue weighted by Crippen LogP contribution is -2.55. The third kappa shape index (κ3) is 2.62. The van der Waals surface area contributed by atoms with Crippen LogP contribution in [0.1, 0.15) is 52.2 Å². The SMILES string of the molecule is COc1ccc(OC)c2c1CC1(C)C(OC(C)=O)C(C)=CCC1C2(C)C. The molecular weight excluding hydrogens is 328 g/mol. The average molecular weight is 358 g/mol. The molecule has 1 aromatic rings. The molecule has 0 fully saturated rings. The van der Waals surface area contributed by atoms with E-state index in [2.05, 4.69) is 33.8 Å². The van der Waals surface area contributed by atoms with E-state index < -0.39 is 0 Å². The number of carbonyl (C=O) groups excluding carboxylic acids is 1. The summed E-state index contributed by atoms with van der Waals surface area (Å²) < 4.78 is 17.2. The van der Waals surface area contributed by atoms with Crippen LogP contribution in [-0.2, 0) is 21.4 Å². The van der Waals surface area contributed by atoms with Crippen LogP contribution in [0.5, 0.6) is 11.5 Å². The lowest BCUT2D eigenvalue weighted by Gasteiger charge is -2.56. The minimum atomic E-state index is -0.231. The van der Waals surface area contributed by atoms with Crippen LogP contribution in [-0.4, -0.2) is 26.3 Å². The molecule has 0 bridgehead atoms. The normalized spacial score (nSPS) is 29.1. The van der Waals surface area contributed by atoms with Crippen molar-refractivity contribution < 1.29 is 19.0 Å². The van der Waals surface area contributed by atoms with E-state index in [1.807, 2.05) is 12.1 Å². The second kappa shape index (κ2) is 6.33. The number of hydrogen-bond donors (Lipinski definition) is 0. The zero-order valence-corrected chi connectivity index (χ0v) is 16.9. The van der Waals surface area contributed by atoms with Gasteiger partial charge in [0.05, 0.1) is 14.2 Å². The van der Waals surface area contributed by atoms with Gasteiger partial charge >= 0.3 is 5.97 Å². The Hall–Kier alpha value is -1.97. The van der Waals surface area contributed by atoms with Gasteiger partial charge in [-0.05, 0) is 48.8 Å². The molecule has 0 saturated heterocycles. The zero-order valence-electron chi connectivity index (χ0n) is 16.9. The summed E-state index contributed by atoms with van der Waals surface area (Å²) in [7, 11) is 3.43. The summed E-state index contributed by atoms with van der Waals surface area (Å²) in [5, 5.41) is 0. The van der Waals surface area contributed by atoms with Gasteiger partial charge in [-0.25, -0.2) is 0 Å². The molecule has 0 spiro atoms. The Balaban J connectivity index is 2.24. The summed E-state index contributed by atoms with van der Waals surface area (Å²) in [6.45, 7) is 10.4. The smallest absolute Gasteiger partial charge is 0.303 e. The van der Waals surface area contributed by atoms with Crippen molar-refractivity contribution in [3.63, 3.8) is 0 Å². The number of benzene rings is 1. The van der Waals surface area contributed by atoms with Gasteiger partial charge < -0.3 is 14.2 Å². The van der Waals surface area contributed by atoms with Gasteiger partial charge in [-0.1, -0.05) is 26.8 Å². The van der Waals surface area contributed by atoms with E-state index in [1.165, 1.54) is 18.1 Å². The Kier molecular flexibility index (Phi) is 4.58. The van der Waals surface area contributed by atoms with Crippen molar-refractivity contribution in [1.29, 1.82) is 0 Å². The largest absolute Gasteiger partial charge is 0.496 e. The van der Waals surface area contributed by atoms with Crippen LogP contribution in [0.4, 0.5) is 0 Å². The topological polar surface area (TPSA) is 44.8 Å². The van der Waals surface area contributed by atoms with Crippen molar-refractivity contribution in [3.8, 4) is 11.5 Å². The predicted octanol–water partition coefficient (Wildman–Crippen LogP) is 4.44. The molecule has 2 aliphatic rings. The molecule has 3 rings (SSSR count). The molecule has 0 aliphatic heterocycles. The molecule has 1 aromatic carbocycles. The van der Waals surface area contributed by atoms with Gasteiger partial charge in [0.25, 0.3) is 0 Å². The maximum Gasteiger partial charge on any atom is 0.303 e. The van der Waals surface area contributed by atoms with Gasteiger partial charge in [0.1, 0.15) is 17.6 Å². The van der Waals surface area contributed by atoms with Crippen molar-refractivity contribution in [2.24, 2.45) is 11.3 Å². The number of carbonyl (C=O) groups is 1. The highest BCUT2D eigenvalue weighted by Crippen LogP contribution is 2.60. The second-order valence-corrected chi connectivity index (χ2v) is 8.45. The molecule has 3 atom stereocenters. The summed E-state index contributed by atoms with van der Waals surface area (Å²) in [4.78, 5) is 11.8. The molecule has 4 nitrogen and oxygen atoms in total. The molecule has 0 N–H and O–H groups in total. The minimum absolute atomic E-state index is 0.141. The zero-order chi connectivity index (χ0) is 19.3. The first-order valence-corrected chi connectivity index (χ1v) is 9.25. The summed E-state index contributed by atoms with van der Waals surface area (Å²) in [5.74, 6) is 1.88. The average Bonchev–Trinajstić information content (AvgIpc) is 2.56. The number of rotatable bonds is 3. The third-order valence-corrected chi connectivity index (χ3v) is 6.51. The van der Waals surface area contributed by atoms with E-state index in [0.717, 1.165) is 29.9 Å². The van der Waals surface area contributed by atoms with E-state index >= 15 is 0 Å². The Morgan fingerprint density at radius 2 is 1.73 bits per heavy atom. The summed E-state index contributed by atoms with van der Waals surface area (Å²) in [6, 6.07) is 3.97. The molecule has 142 valence electrons. The molecule has 0 heterocycles. The van der Waals surface area contributed by atoms with Crippen molar-refractivity contribution in [2.45, 2.75) is 59.0 Å².